The van der Waals surface area contributed by atoms with E-state index in [-0.39, 0.29) is 17.2 Å². The zero-order valence-corrected chi connectivity index (χ0v) is 13.9. The molecule has 3 nitrogen and oxygen atoms in total. The molecule has 0 aliphatic carbocycles. The molecule has 0 unspecified atom stereocenters. The lowest BCUT2D eigenvalue weighted by molar-refractivity contribution is 0.0710. The molecule has 0 spiro atoms. The summed E-state index contributed by atoms with van der Waals surface area (Å²) in [7, 11) is 0. The van der Waals surface area contributed by atoms with E-state index in [0.29, 0.717) is 4.99 Å². The summed E-state index contributed by atoms with van der Waals surface area (Å²) >= 11 is 5.04. The largest absolute Gasteiger partial charge is 0.393 e. The minimum Gasteiger partial charge on any atom is -0.393 e. The Hall–Kier alpha value is -1.42. The van der Waals surface area contributed by atoms with Gasteiger partial charge in [0.15, 0.2) is 0 Å². The van der Waals surface area contributed by atoms with E-state index in [2.05, 4.69) is 32.9 Å². The van der Waals surface area contributed by atoms with Crippen molar-refractivity contribution in [1.29, 1.82) is 0 Å². The Morgan fingerprint density at radius 1 is 1.19 bits per heavy atom. The smallest absolute Gasteiger partial charge is 0.253 e. The lowest BCUT2D eigenvalue weighted by atomic mass is 9.86. The molecule has 0 bridgehead atoms. The molecule has 1 aliphatic heterocycles. The normalized spacial score (nSPS) is 16.8. The van der Waals surface area contributed by atoms with Crippen molar-refractivity contribution in [1.82, 2.24) is 4.90 Å². The van der Waals surface area contributed by atoms with E-state index in [4.69, 9.17) is 18.0 Å². The third kappa shape index (κ3) is 3.82. The van der Waals surface area contributed by atoms with Crippen LogP contribution >= 0.6 is 12.2 Å². The second-order valence-corrected chi connectivity index (χ2v) is 7.27. The molecule has 2 rings (SSSR count). The van der Waals surface area contributed by atoms with Crippen LogP contribution in [0.3, 0.4) is 0 Å². The molecule has 0 radical (unpaired) electrons. The van der Waals surface area contributed by atoms with Gasteiger partial charge in [0.2, 0.25) is 0 Å². The first kappa shape index (κ1) is 16.0. The van der Waals surface area contributed by atoms with Crippen molar-refractivity contribution in [3.05, 3.63) is 35.4 Å². The van der Waals surface area contributed by atoms with Gasteiger partial charge in [0.1, 0.15) is 0 Å². The standard InChI is InChI=1S/C17H24N2OS/c1-17(2,3)14-6-4-13(5-7-14)16(20)19-10-8-12(9-11-19)15(18)21/h4-7,12H,8-11H2,1-3H3,(H2,18,21). The van der Waals surface area contributed by atoms with Crippen molar-refractivity contribution in [2.24, 2.45) is 11.7 Å². The summed E-state index contributed by atoms with van der Waals surface area (Å²) in [4.78, 5) is 15.0. The highest BCUT2D eigenvalue weighted by Gasteiger charge is 2.25. The maximum atomic E-state index is 12.5. The highest BCUT2D eigenvalue weighted by molar-refractivity contribution is 7.80. The van der Waals surface area contributed by atoms with Gasteiger partial charge in [-0.3, -0.25) is 4.79 Å². The summed E-state index contributed by atoms with van der Waals surface area (Å²) in [6.07, 6.45) is 1.75. The lowest BCUT2D eigenvalue weighted by Gasteiger charge is -2.31. The van der Waals surface area contributed by atoms with Gasteiger partial charge in [-0.2, -0.15) is 0 Å². The van der Waals surface area contributed by atoms with Crippen LogP contribution in [0.5, 0.6) is 0 Å². The van der Waals surface area contributed by atoms with Crippen LogP contribution in [0.25, 0.3) is 0 Å². The van der Waals surface area contributed by atoms with Crippen molar-refractivity contribution >= 4 is 23.1 Å². The fourth-order valence-corrected chi connectivity index (χ4v) is 2.90. The van der Waals surface area contributed by atoms with Crippen molar-refractivity contribution in [3.8, 4) is 0 Å². The summed E-state index contributed by atoms with van der Waals surface area (Å²) in [6.45, 7) is 7.99. The van der Waals surface area contributed by atoms with Crippen LogP contribution in [0.4, 0.5) is 0 Å². The third-order valence-corrected chi connectivity index (χ3v) is 4.52. The first-order valence-electron chi connectivity index (χ1n) is 7.48. The molecule has 1 aromatic carbocycles. The molecule has 0 saturated carbocycles. The Morgan fingerprint density at radius 2 is 1.71 bits per heavy atom. The fraction of sp³-hybridized carbons (Fsp3) is 0.529. The van der Waals surface area contributed by atoms with Crippen molar-refractivity contribution < 1.29 is 4.79 Å². The van der Waals surface area contributed by atoms with Crippen molar-refractivity contribution in [2.75, 3.05) is 13.1 Å². The van der Waals surface area contributed by atoms with E-state index in [1.165, 1.54) is 5.56 Å². The zero-order chi connectivity index (χ0) is 15.6. The van der Waals surface area contributed by atoms with Gasteiger partial charge in [0.25, 0.3) is 5.91 Å². The van der Waals surface area contributed by atoms with Gasteiger partial charge in [-0.15, -0.1) is 0 Å². The summed E-state index contributed by atoms with van der Waals surface area (Å²) in [5.41, 5.74) is 7.80. The molecule has 1 aromatic rings. The lowest BCUT2D eigenvalue weighted by Crippen LogP contribution is -2.41. The average molecular weight is 304 g/mol. The molecule has 1 saturated heterocycles. The van der Waals surface area contributed by atoms with Gasteiger partial charge in [-0.25, -0.2) is 0 Å². The van der Waals surface area contributed by atoms with Crippen molar-refractivity contribution in [3.63, 3.8) is 0 Å². The Balaban J connectivity index is 2.03. The molecule has 0 atom stereocenters. The number of benzene rings is 1. The number of thiocarbonyl (C=S) groups is 1. The SMILES string of the molecule is CC(C)(C)c1ccc(C(=O)N2CCC(C(N)=S)CC2)cc1. The fourth-order valence-electron chi connectivity index (χ4n) is 2.66. The predicted molar refractivity (Wildman–Crippen MR) is 90.6 cm³/mol. The summed E-state index contributed by atoms with van der Waals surface area (Å²) < 4.78 is 0. The number of carbonyl (C=O) groups excluding carboxylic acids is 1. The number of hydrogen-bond acceptors (Lipinski definition) is 2. The first-order chi connectivity index (χ1) is 9.79. The van der Waals surface area contributed by atoms with Crippen molar-refractivity contribution in [2.45, 2.75) is 39.0 Å². The minimum atomic E-state index is 0.108. The Labute approximate surface area is 132 Å². The van der Waals surface area contributed by atoms with E-state index >= 15 is 0 Å². The van der Waals surface area contributed by atoms with E-state index < -0.39 is 0 Å². The van der Waals surface area contributed by atoms with E-state index in [1.807, 2.05) is 17.0 Å². The maximum absolute atomic E-state index is 12.5. The van der Waals surface area contributed by atoms with Gasteiger partial charge in [0.05, 0.1) is 4.99 Å². The highest BCUT2D eigenvalue weighted by atomic mass is 32.1. The number of piperidine rings is 1. The maximum Gasteiger partial charge on any atom is 0.253 e. The summed E-state index contributed by atoms with van der Waals surface area (Å²) in [6, 6.07) is 7.97. The molecule has 1 aliphatic rings. The number of rotatable bonds is 2. The average Bonchev–Trinajstić information content (AvgIpc) is 2.46. The van der Waals surface area contributed by atoms with Gasteiger partial charge in [0, 0.05) is 24.6 Å². The van der Waals surface area contributed by atoms with Crippen LogP contribution in [0.1, 0.15) is 49.5 Å². The second kappa shape index (κ2) is 6.14. The first-order valence-corrected chi connectivity index (χ1v) is 7.89. The third-order valence-electron chi connectivity index (χ3n) is 4.18. The van der Waals surface area contributed by atoms with Crippen LogP contribution in [0.2, 0.25) is 0 Å². The van der Waals surface area contributed by atoms with E-state index in [9.17, 15) is 4.79 Å². The quantitative estimate of drug-likeness (QED) is 0.854. The molecule has 21 heavy (non-hydrogen) atoms. The van der Waals surface area contributed by atoms with Crippen LogP contribution in [-0.2, 0) is 5.41 Å². The summed E-state index contributed by atoms with van der Waals surface area (Å²) in [5.74, 6) is 0.393. The topological polar surface area (TPSA) is 46.3 Å². The molecule has 114 valence electrons. The summed E-state index contributed by atoms with van der Waals surface area (Å²) in [5, 5.41) is 0. The number of carbonyl (C=O) groups is 1. The molecule has 1 fully saturated rings. The number of hydrogen-bond donors (Lipinski definition) is 1. The van der Waals surface area contributed by atoms with Crippen LogP contribution in [0.15, 0.2) is 24.3 Å². The number of nitrogens with zero attached hydrogens (tertiary/aromatic N) is 1. The number of likely N-dealkylation sites (tertiary alicyclic amines) is 1. The molecule has 4 heteroatoms. The predicted octanol–water partition coefficient (Wildman–Crippen LogP) is 3.12. The molecular weight excluding hydrogens is 280 g/mol. The minimum absolute atomic E-state index is 0.108. The molecule has 0 aromatic heterocycles. The highest BCUT2D eigenvalue weighted by Crippen LogP contribution is 2.23. The molecule has 1 heterocycles. The molecule has 1 amide bonds. The van der Waals surface area contributed by atoms with E-state index in [1.54, 1.807) is 0 Å². The Morgan fingerprint density at radius 3 is 2.14 bits per heavy atom. The molecular formula is C17H24N2OS. The second-order valence-electron chi connectivity index (χ2n) is 6.80. The van der Waals surface area contributed by atoms with Gasteiger partial charge >= 0.3 is 0 Å². The number of amides is 1. The van der Waals surface area contributed by atoms with Crippen LogP contribution < -0.4 is 5.73 Å². The monoisotopic (exact) mass is 304 g/mol. The van der Waals surface area contributed by atoms with E-state index in [0.717, 1.165) is 31.5 Å². The van der Waals surface area contributed by atoms with Gasteiger partial charge in [-0.05, 0) is 36.0 Å². The van der Waals surface area contributed by atoms with Gasteiger partial charge in [-0.1, -0.05) is 45.1 Å². The van der Waals surface area contributed by atoms with Gasteiger partial charge < -0.3 is 10.6 Å². The Kier molecular flexibility index (Phi) is 4.67. The number of nitrogens with two attached hydrogens (primary N) is 1. The Bertz CT molecular complexity index is 523. The van der Waals surface area contributed by atoms with Crippen LogP contribution in [-0.4, -0.2) is 28.9 Å². The van der Waals surface area contributed by atoms with Crippen LogP contribution in [0, 0.1) is 5.92 Å². The zero-order valence-electron chi connectivity index (χ0n) is 13.1. The molecule has 2 N–H and O–H groups in total.